The summed E-state index contributed by atoms with van der Waals surface area (Å²) in [4.78, 5) is 11.6. The second-order valence-corrected chi connectivity index (χ2v) is 5.83. The largest absolute Gasteiger partial charge is 0.444 e. The highest BCUT2D eigenvalue weighted by atomic mass is 16.6. The number of amidine groups is 1. The van der Waals surface area contributed by atoms with Crippen LogP contribution in [0.3, 0.4) is 0 Å². The topological polar surface area (TPSA) is 91.6 Å². The molecule has 0 spiro atoms. The minimum atomic E-state index is -0.645. The third kappa shape index (κ3) is 7.19. The summed E-state index contributed by atoms with van der Waals surface area (Å²) in [6.45, 7) is 6.37. The van der Waals surface area contributed by atoms with Gasteiger partial charge >= 0.3 is 6.09 Å². The monoisotopic (exact) mass is 308 g/mol. The first-order valence-corrected chi connectivity index (χ1v) is 7.18. The number of carbonyl (C=O) groups is 1. The van der Waals surface area contributed by atoms with Crippen LogP contribution in [0.1, 0.15) is 38.3 Å². The average molecular weight is 308 g/mol. The number of nitrogens with one attached hydrogen (secondary N) is 2. The summed E-state index contributed by atoms with van der Waals surface area (Å²) >= 11 is 0. The molecule has 3 N–H and O–H groups in total. The molecule has 1 aromatic carbocycles. The van der Waals surface area contributed by atoms with Crippen LogP contribution in [-0.4, -0.2) is 35.9 Å². The summed E-state index contributed by atoms with van der Waals surface area (Å²) in [5, 5.41) is 18.9. The van der Waals surface area contributed by atoms with Crippen LogP contribution in [0.2, 0.25) is 0 Å². The van der Waals surface area contributed by atoms with Gasteiger partial charge in [-0.15, -0.1) is 0 Å². The maximum absolute atomic E-state index is 11.6. The van der Waals surface area contributed by atoms with Crippen molar-refractivity contribution in [1.82, 2.24) is 5.32 Å². The molecule has 0 saturated carbocycles. The Morgan fingerprint density at radius 1 is 1.27 bits per heavy atom. The normalized spacial score (nSPS) is 11.1. The maximum atomic E-state index is 11.6. The fraction of sp³-hybridized carbons (Fsp3) is 0.500. The highest BCUT2D eigenvalue weighted by molar-refractivity contribution is 6.04. The van der Waals surface area contributed by atoms with Crippen molar-refractivity contribution in [3.05, 3.63) is 35.4 Å². The molecule has 0 aliphatic heterocycles. The van der Waals surface area contributed by atoms with Gasteiger partial charge in [0.05, 0.1) is 6.61 Å². The zero-order valence-electron chi connectivity index (χ0n) is 13.3. The lowest BCUT2D eigenvalue weighted by Gasteiger charge is -2.19. The minimum Gasteiger partial charge on any atom is -0.444 e. The Morgan fingerprint density at radius 3 is 2.45 bits per heavy atom. The highest BCUT2D eigenvalue weighted by Gasteiger charge is 2.17. The first kappa shape index (κ1) is 18.1. The van der Waals surface area contributed by atoms with E-state index in [0.717, 1.165) is 5.56 Å². The Balaban J connectivity index is 2.48. The molecule has 0 atom stereocenters. The van der Waals surface area contributed by atoms with Crippen molar-refractivity contribution in [2.45, 2.75) is 39.4 Å². The highest BCUT2D eigenvalue weighted by Crippen LogP contribution is 2.08. The van der Waals surface area contributed by atoms with Gasteiger partial charge in [0, 0.05) is 18.8 Å². The second kappa shape index (κ2) is 8.51. The van der Waals surface area contributed by atoms with Gasteiger partial charge in [0.15, 0.2) is 0 Å². The van der Waals surface area contributed by atoms with Crippen LogP contribution in [0.5, 0.6) is 0 Å². The third-order valence-electron chi connectivity index (χ3n) is 2.58. The van der Waals surface area contributed by atoms with Crippen molar-refractivity contribution in [3.63, 3.8) is 0 Å². The molecule has 0 aromatic heterocycles. The Bertz CT molecular complexity index is 492. The Morgan fingerprint density at radius 2 is 1.91 bits per heavy atom. The van der Waals surface area contributed by atoms with Gasteiger partial charge in [-0.05, 0) is 32.8 Å². The molecule has 0 fully saturated rings. The van der Waals surface area contributed by atoms with Crippen LogP contribution in [0.4, 0.5) is 4.79 Å². The number of aliphatic hydroxyl groups is 1. The predicted molar refractivity (Wildman–Crippen MR) is 84.0 cm³/mol. The van der Waals surface area contributed by atoms with E-state index in [-0.39, 0.29) is 12.4 Å². The van der Waals surface area contributed by atoms with Gasteiger partial charge < -0.3 is 14.6 Å². The summed E-state index contributed by atoms with van der Waals surface area (Å²) in [6.07, 6.45) is -0.0309. The maximum Gasteiger partial charge on any atom is 0.413 e. The molecule has 0 bridgehead atoms. The van der Waals surface area contributed by atoms with Gasteiger partial charge in [-0.25, -0.2) is 4.79 Å². The van der Waals surface area contributed by atoms with Gasteiger partial charge in [-0.2, -0.15) is 0 Å². The lowest BCUT2D eigenvalue weighted by atomic mass is 10.1. The molecule has 0 aliphatic carbocycles. The zero-order chi connectivity index (χ0) is 16.6. The average Bonchev–Trinajstić information content (AvgIpc) is 2.42. The van der Waals surface area contributed by atoms with Crippen LogP contribution >= 0.6 is 0 Å². The number of ether oxygens (including phenoxy) is 2. The smallest absolute Gasteiger partial charge is 0.413 e. The molecule has 122 valence electrons. The van der Waals surface area contributed by atoms with Crippen LogP contribution in [0.15, 0.2) is 24.3 Å². The lowest BCUT2D eigenvalue weighted by Crippen LogP contribution is -2.36. The van der Waals surface area contributed by atoms with Crippen molar-refractivity contribution >= 4 is 11.9 Å². The number of benzene rings is 1. The van der Waals surface area contributed by atoms with E-state index < -0.39 is 11.7 Å². The molecule has 6 nitrogen and oxygen atoms in total. The molecular weight excluding hydrogens is 284 g/mol. The van der Waals surface area contributed by atoms with E-state index in [1.54, 1.807) is 32.9 Å². The number of aliphatic hydroxyl groups excluding tert-OH is 1. The standard InChI is InChI=1S/C16H24N2O4/c1-16(2,3)22-15(20)18-14(17)13-7-5-12(6-8-13)11-21-10-4-9-19/h5-8,19H,4,9-11H2,1-3H3,(H2,17,18,20). The van der Waals surface area contributed by atoms with E-state index in [9.17, 15) is 4.79 Å². The van der Waals surface area contributed by atoms with E-state index in [0.29, 0.717) is 25.2 Å². The molecule has 0 aliphatic rings. The summed E-state index contributed by atoms with van der Waals surface area (Å²) in [5.74, 6) is -0.0120. The van der Waals surface area contributed by atoms with Gasteiger partial charge in [0.1, 0.15) is 11.4 Å². The van der Waals surface area contributed by atoms with Crippen molar-refractivity contribution in [3.8, 4) is 0 Å². The van der Waals surface area contributed by atoms with E-state index in [1.807, 2.05) is 12.1 Å². The van der Waals surface area contributed by atoms with Crippen LogP contribution < -0.4 is 5.32 Å². The quantitative estimate of drug-likeness (QED) is 0.427. The summed E-state index contributed by atoms with van der Waals surface area (Å²) < 4.78 is 10.5. The molecule has 0 unspecified atom stereocenters. The number of alkyl carbamates (subject to hydrolysis) is 1. The van der Waals surface area contributed by atoms with Crippen molar-refractivity contribution < 1.29 is 19.4 Å². The zero-order valence-corrected chi connectivity index (χ0v) is 13.3. The van der Waals surface area contributed by atoms with E-state index in [2.05, 4.69) is 5.32 Å². The summed E-state index contributed by atoms with van der Waals surface area (Å²) in [7, 11) is 0. The predicted octanol–water partition coefficient (Wildman–Crippen LogP) is 2.44. The van der Waals surface area contributed by atoms with Crippen molar-refractivity contribution in [2.75, 3.05) is 13.2 Å². The second-order valence-electron chi connectivity index (χ2n) is 5.83. The Labute approximate surface area is 130 Å². The first-order chi connectivity index (χ1) is 10.3. The van der Waals surface area contributed by atoms with Gasteiger partial charge in [0.25, 0.3) is 0 Å². The SMILES string of the molecule is CC(C)(C)OC(=O)NC(=N)c1ccc(COCCCO)cc1. The van der Waals surface area contributed by atoms with E-state index in [4.69, 9.17) is 20.0 Å². The Kier molecular flexibility index (Phi) is 7.01. The number of hydrogen-bond acceptors (Lipinski definition) is 5. The number of rotatable bonds is 6. The van der Waals surface area contributed by atoms with Crippen molar-refractivity contribution in [2.24, 2.45) is 0 Å². The number of amides is 1. The Hall–Kier alpha value is -1.92. The van der Waals surface area contributed by atoms with Gasteiger partial charge in [-0.3, -0.25) is 10.7 Å². The fourth-order valence-corrected chi connectivity index (χ4v) is 1.60. The molecule has 1 aromatic rings. The first-order valence-electron chi connectivity index (χ1n) is 7.18. The molecule has 6 heteroatoms. The van der Waals surface area contributed by atoms with Crippen LogP contribution in [-0.2, 0) is 16.1 Å². The number of carbonyl (C=O) groups excluding carboxylic acids is 1. The summed E-state index contributed by atoms with van der Waals surface area (Å²) in [5.41, 5.74) is 0.955. The molecule has 0 heterocycles. The molecule has 1 amide bonds. The van der Waals surface area contributed by atoms with Crippen molar-refractivity contribution in [1.29, 1.82) is 5.41 Å². The van der Waals surface area contributed by atoms with Gasteiger partial charge in [0.2, 0.25) is 0 Å². The minimum absolute atomic E-state index is 0.0120. The van der Waals surface area contributed by atoms with Crippen LogP contribution in [0, 0.1) is 5.41 Å². The van der Waals surface area contributed by atoms with E-state index in [1.165, 1.54) is 0 Å². The molecule has 0 radical (unpaired) electrons. The number of hydrogen-bond donors (Lipinski definition) is 3. The van der Waals surface area contributed by atoms with Gasteiger partial charge in [-0.1, -0.05) is 24.3 Å². The fourth-order valence-electron chi connectivity index (χ4n) is 1.60. The molecule has 1 rings (SSSR count). The van der Waals surface area contributed by atoms with E-state index >= 15 is 0 Å². The lowest BCUT2D eigenvalue weighted by molar-refractivity contribution is 0.0563. The summed E-state index contributed by atoms with van der Waals surface area (Å²) in [6, 6.07) is 7.15. The third-order valence-corrected chi connectivity index (χ3v) is 2.58. The molecular formula is C16H24N2O4. The molecule has 22 heavy (non-hydrogen) atoms. The van der Waals surface area contributed by atoms with Crippen LogP contribution in [0.25, 0.3) is 0 Å². The molecule has 0 saturated heterocycles.